The molecule has 1 unspecified atom stereocenters. The molecule has 0 bridgehead atoms. The molecule has 1 aliphatic rings. The second-order valence-electron chi connectivity index (χ2n) is 7.37. The van der Waals surface area contributed by atoms with Crippen LogP contribution in [0.1, 0.15) is 44.2 Å². The Morgan fingerprint density at radius 2 is 1.89 bits per heavy atom. The first-order valence-electron chi connectivity index (χ1n) is 9.83. The van der Waals surface area contributed by atoms with Gasteiger partial charge in [-0.15, -0.1) is 0 Å². The molecule has 1 atom stereocenters. The maximum atomic E-state index is 12.5. The smallest absolute Gasteiger partial charge is 0.220 e. The molecule has 2 aromatic rings. The Morgan fingerprint density at radius 3 is 2.50 bits per heavy atom. The standard InChI is InChI=1S/C23H28BrNO3/c1-4-28-20-11-5-17(15-21(20)27-3)6-12-22(26)25-16(2)23(13-14-23)18-7-9-19(24)10-8-18/h5,7-11,15-16H,4,6,12-14H2,1-3H3,(H,25,26). The molecule has 0 aliphatic heterocycles. The number of rotatable bonds is 9. The molecular formula is C23H28BrNO3. The van der Waals surface area contributed by atoms with E-state index in [1.54, 1.807) is 7.11 Å². The molecule has 28 heavy (non-hydrogen) atoms. The summed E-state index contributed by atoms with van der Waals surface area (Å²) in [5.74, 6) is 1.53. The lowest BCUT2D eigenvalue weighted by atomic mass is 9.89. The second kappa shape index (κ2) is 8.99. The minimum atomic E-state index is 0.0821. The molecule has 5 heteroatoms. The van der Waals surface area contributed by atoms with E-state index < -0.39 is 0 Å². The molecule has 2 aromatic carbocycles. The highest BCUT2D eigenvalue weighted by Gasteiger charge is 2.49. The molecule has 1 N–H and O–H groups in total. The summed E-state index contributed by atoms with van der Waals surface area (Å²) in [5.41, 5.74) is 2.45. The predicted molar refractivity (Wildman–Crippen MR) is 115 cm³/mol. The van der Waals surface area contributed by atoms with Crippen LogP contribution in [-0.2, 0) is 16.6 Å². The number of halogens is 1. The molecule has 0 spiro atoms. The number of ether oxygens (including phenoxy) is 2. The minimum Gasteiger partial charge on any atom is -0.493 e. The van der Waals surface area contributed by atoms with Crippen molar-refractivity contribution < 1.29 is 14.3 Å². The first kappa shape index (κ1) is 20.7. The molecule has 0 saturated heterocycles. The van der Waals surface area contributed by atoms with E-state index in [1.165, 1.54) is 5.56 Å². The third-order valence-corrected chi connectivity index (χ3v) is 6.11. The minimum absolute atomic E-state index is 0.0821. The van der Waals surface area contributed by atoms with Crippen molar-refractivity contribution in [3.63, 3.8) is 0 Å². The van der Waals surface area contributed by atoms with Crippen molar-refractivity contribution in [3.8, 4) is 11.5 Å². The van der Waals surface area contributed by atoms with Crippen LogP contribution >= 0.6 is 15.9 Å². The summed E-state index contributed by atoms with van der Waals surface area (Å²) in [6.45, 7) is 4.66. The van der Waals surface area contributed by atoms with Gasteiger partial charge in [-0.1, -0.05) is 34.1 Å². The van der Waals surface area contributed by atoms with Gasteiger partial charge in [0.2, 0.25) is 5.91 Å². The van der Waals surface area contributed by atoms with Crippen molar-refractivity contribution in [2.24, 2.45) is 0 Å². The first-order valence-corrected chi connectivity index (χ1v) is 10.6. The van der Waals surface area contributed by atoms with E-state index in [9.17, 15) is 4.79 Å². The third kappa shape index (κ3) is 4.69. The highest BCUT2D eigenvalue weighted by Crippen LogP contribution is 2.51. The zero-order valence-electron chi connectivity index (χ0n) is 16.8. The molecule has 1 saturated carbocycles. The molecule has 1 amide bonds. The number of aryl methyl sites for hydroxylation is 1. The van der Waals surface area contributed by atoms with Crippen LogP contribution in [0.25, 0.3) is 0 Å². The third-order valence-electron chi connectivity index (χ3n) is 5.58. The van der Waals surface area contributed by atoms with Crippen molar-refractivity contribution >= 4 is 21.8 Å². The number of hydrogen-bond donors (Lipinski definition) is 1. The van der Waals surface area contributed by atoms with Gasteiger partial charge in [-0.25, -0.2) is 0 Å². The van der Waals surface area contributed by atoms with Crippen molar-refractivity contribution in [3.05, 3.63) is 58.1 Å². The van der Waals surface area contributed by atoms with Gasteiger partial charge in [0.1, 0.15) is 0 Å². The number of benzene rings is 2. The van der Waals surface area contributed by atoms with Gasteiger partial charge < -0.3 is 14.8 Å². The fraction of sp³-hybridized carbons (Fsp3) is 0.435. The lowest BCUT2D eigenvalue weighted by Gasteiger charge is -2.25. The topological polar surface area (TPSA) is 47.6 Å². The van der Waals surface area contributed by atoms with Crippen LogP contribution in [0, 0.1) is 0 Å². The van der Waals surface area contributed by atoms with Crippen LogP contribution in [-0.4, -0.2) is 25.7 Å². The average molecular weight is 446 g/mol. The normalized spacial score (nSPS) is 15.6. The number of carbonyl (C=O) groups excluding carboxylic acids is 1. The molecule has 0 aromatic heterocycles. The fourth-order valence-electron chi connectivity index (χ4n) is 3.74. The maximum Gasteiger partial charge on any atom is 0.220 e. The lowest BCUT2D eigenvalue weighted by molar-refractivity contribution is -0.121. The highest BCUT2D eigenvalue weighted by molar-refractivity contribution is 9.10. The zero-order valence-corrected chi connectivity index (χ0v) is 18.3. The van der Waals surface area contributed by atoms with Crippen LogP contribution in [0.3, 0.4) is 0 Å². The van der Waals surface area contributed by atoms with Crippen LogP contribution in [0.4, 0.5) is 0 Å². The summed E-state index contributed by atoms with van der Waals surface area (Å²) in [6, 6.07) is 14.4. The predicted octanol–water partition coefficient (Wildman–Crippen LogP) is 5.03. The van der Waals surface area contributed by atoms with Crippen molar-refractivity contribution in [1.29, 1.82) is 0 Å². The summed E-state index contributed by atoms with van der Waals surface area (Å²) < 4.78 is 12.0. The number of carbonyl (C=O) groups is 1. The molecule has 3 rings (SSSR count). The van der Waals surface area contributed by atoms with Crippen LogP contribution in [0.15, 0.2) is 46.9 Å². The molecule has 0 radical (unpaired) electrons. The molecule has 1 fully saturated rings. The van der Waals surface area contributed by atoms with E-state index in [0.29, 0.717) is 25.2 Å². The van der Waals surface area contributed by atoms with Crippen molar-refractivity contribution in [1.82, 2.24) is 5.32 Å². The van der Waals surface area contributed by atoms with E-state index in [-0.39, 0.29) is 17.4 Å². The van der Waals surface area contributed by atoms with Gasteiger partial charge in [0.05, 0.1) is 13.7 Å². The second-order valence-corrected chi connectivity index (χ2v) is 8.29. The lowest BCUT2D eigenvalue weighted by Crippen LogP contribution is -2.41. The largest absolute Gasteiger partial charge is 0.493 e. The summed E-state index contributed by atoms with van der Waals surface area (Å²) in [6.07, 6.45) is 3.36. The van der Waals surface area contributed by atoms with Gasteiger partial charge >= 0.3 is 0 Å². The first-order chi connectivity index (χ1) is 13.5. The number of nitrogens with one attached hydrogen (secondary N) is 1. The highest BCUT2D eigenvalue weighted by atomic mass is 79.9. The van der Waals surface area contributed by atoms with Crippen LogP contribution in [0.5, 0.6) is 11.5 Å². The van der Waals surface area contributed by atoms with E-state index in [0.717, 1.165) is 28.6 Å². The number of hydrogen-bond acceptors (Lipinski definition) is 3. The molecule has 0 heterocycles. The monoisotopic (exact) mass is 445 g/mol. The van der Waals surface area contributed by atoms with Gasteiger partial charge in [-0.3, -0.25) is 4.79 Å². The van der Waals surface area contributed by atoms with Gasteiger partial charge in [-0.2, -0.15) is 0 Å². The number of amides is 1. The molecule has 1 aliphatic carbocycles. The molecule has 4 nitrogen and oxygen atoms in total. The van der Waals surface area contributed by atoms with E-state index >= 15 is 0 Å². The van der Waals surface area contributed by atoms with E-state index in [2.05, 4.69) is 52.4 Å². The Hall–Kier alpha value is -2.01. The van der Waals surface area contributed by atoms with Crippen molar-refractivity contribution in [2.45, 2.75) is 51.0 Å². The SMILES string of the molecule is CCOc1ccc(CCC(=O)NC(C)C2(c3ccc(Br)cc3)CC2)cc1OC. The Labute approximate surface area is 175 Å². The quantitative estimate of drug-likeness (QED) is 0.588. The van der Waals surface area contributed by atoms with Crippen LogP contribution in [0.2, 0.25) is 0 Å². The summed E-state index contributed by atoms with van der Waals surface area (Å²) in [7, 11) is 1.63. The van der Waals surface area contributed by atoms with Crippen molar-refractivity contribution in [2.75, 3.05) is 13.7 Å². The maximum absolute atomic E-state index is 12.5. The Kier molecular flexibility index (Phi) is 6.65. The van der Waals surface area contributed by atoms with Gasteiger partial charge in [-0.05, 0) is 68.5 Å². The van der Waals surface area contributed by atoms with Gasteiger partial charge in [0, 0.05) is 22.4 Å². The Balaban J connectivity index is 1.56. The average Bonchev–Trinajstić information content (AvgIpc) is 3.50. The van der Waals surface area contributed by atoms with Gasteiger partial charge in [0.25, 0.3) is 0 Å². The van der Waals surface area contributed by atoms with Gasteiger partial charge in [0.15, 0.2) is 11.5 Å². The van der Waals surface area contributed by atoms with E-state index in [4.69, 9.17) is 9.47 Å². The van der Waals surface area contributed by atoms with Crippen LogP contribution < -0.4 is 14.8 Å². The summed E-state index contributed by atoms with van der Waals surface area (Å²) in [4.78, 5) is 12.5. The fourth-order valence-corrected chi connectivity index (χ4v) is 4.00. The van der Waals surface area contributed by atoms with E-state index in [1.807, 2.05) is 25.1 Å². The summed E-state index contributed by atoms with van der Waals surface area (Å²) in [5, 5.41) is 3.22. The Bertz CT molecular complexity index is 815. The number of methoxy groups -OCH3 is 1. The Morgan fingerprint density at radius 1 is 1.18 bits per heavy atom. The molecular weight excluding hydrogens is 418 g/mol. The summed E-state index contributed by atoms with van der Waals surface area (Å²) >= 11 is 3.49. The molecule has 150 valence electrons. The zero-order chi connectivity index (χ0) is 20.1.